The maximum atomic E-state index is 13.3. The minimum atomic E-state index is -0.966. The molecule has 23 heavy (non-hydrogen) atoms. The number of hydrogen-bond acceptors (Lipinski definition) is 2. The van der Waals surface area contributed by atoms with Crippen molar-refractivity contribution in [3.8, 4) is 0 Å². The Labute approximate surface area is 132 Å². The van der Waals surface area contributed by atoms with Crippen molar-refractivity contribution in [3.05, 3.63) is 65.0 Å². The Hall–Kier alpha value is -2.34. The van der Waals surface area contributed by atoms with Gasteiger partial charge in [0.2, 0.25) is 5.91 Å². The van der Waals surface area contributed by atoms with Crippen molar-refractivity contribution in [1.29, 1.82) is 0 Å². The van der Waals surface area contributed by atoms with E-state index in [1.165, 1.54) is 30.1 Å². The molecule has 0 bridgehead atoms. The topological polar surface area (TPSA) is 46.3 Å². The molecule has 6 heteroatoms. The highest BCUT2D eigenvalue weighted by molar-refractivity contribution is 5.96. The van der Waals surface area contributed by atoms with Gasteiger partial charge in [-0.15, -0.1) is 0 Å². The van der Waals surface area contributed by atoms with Gasteiger partial charge in [-0.1, -0.05) is 0 Å². The summed E-state index contributed by atoms with van der Waals surface area (Å²) in [6.45, 7) is 1.59. The predicted molar refractivity (Wildman–Crippen MR) is 82.6 cm³/mol. The van der Waals surface area contributed by atoms with E-state index in [0.29, 0.717) is 16.8 Å². The first kappa shape index (κ1) is 17.0. The number of anilines is 1. The lowest BCUT2D eigenvalue weighted by Crippen LogP contribution is -2.43. The number of benzene rings is 2. The predicted octanol–water partition coefficient (Wildman–Crippen LogP) is 2.95. The Morgan fingerprint density at radius 2 is 1.74 bits per heavy atom. The standard InChI is InChI=1S/C17H17F3N2O/c1-10-5-14(3-4-15(10)20)22(2)17(23)16(21)8-11-6-12(18)9-13(19)7-11/h3-7,9,16H,8,21H2,1-2H3/t16-/m0/s1. The zero-order chi connectivity index (χ0) is 17.1. The van der Waals surface area contributed by atoms with E-state index in [0.717, 1.165) is 18.2 Å². The van der Waals surface area contributed by atoms with Crippen LogP contribution in [-0.4, -0.2) is 19.0 Å². The number of nitrogens with two attached hydrogens (primary N) is 1. The van der Waals surface area contributed by atoms with Gasteiger partial charge in [0.15, 0.2) is 0 Å². The van der Waals surface area contributed by atoms with Crippen LogP contribution in [0.2, 0.25) is 0 Å². The van der Waals surface area contributed by atoms with Gasteiger partial charge in [0.05, 0.1) is 6.04 Å². The highest BCUT2D eigenvalue weighted by Gasteiger charge is 2.20. The number of rotatable bonds is 4. The number of carbonyl (C=O) groups excluding carboxylic acids is 1. The molecular weight excluding hydrogens is 305 g/mol. The fraction of sp³-hybridized carbons (Fsp3) is 0.235. The van der Waals surface area contributed by atoms with Crippen molar-refractivity contribution in [2.75, 3.05) is 11.9 Å². The van der Waals surface area contributed by atoms with E-state index < -0.39 is 23.6 Å². The number of carbonyl (C=O) groups is 1. The van der Waals surface area contributed by atoms with E-state index in [2.05, 4.69) is 0 Å². The van der Waals surface area contributed by atoms with E-state index >= 15 is 0 Å². The highest BCUT2D eigenvalue weighted by atomic mass is 19.1. The third-order valence-corrected chi connectivity index (χ3v) is 3.55. The van der Waals surface area contributed by atoms with Crippen molar-refractivity contribution >= 4 is 11.6 Å². The summed E-state index contributed by atoms with van der Waals surface area (Å²) in [6, 6.07) is 6.32. The fourth-order valence-electron chi connectivity index (χ4n) is 2.28. The van der Waals surface area contributed by atoms with Crippen LogP contribution in [0.5, 0.6) is 0 Å². The molecule has 0 aliphatic heterocycles. The molecule has 3 nitrogen and oxygen atoms in total. The van der Waals surface area contributed by atoms with Crippen LogP contribution >= 0.6 is 0 Å². The monoisotopic (exact) mass is 322 g/mol. The summed E-state index contributed by atoms with van der Waals surface area (Å²) < 4.78 is 39.6. The van der Waals surface area contributed by atoms with Gasteiger partial charge in [-0.25, -0.2) is 13.2 Å². The molecule has 0 spiro atoms. The Balaban J connectivity index is 2.13. The number of nitrogens with zero attached hydrogens (tertiary/aromatic N) is 1. The second-order valence-corrected chi connectivity index (χ2v) is 5.42. The Morgan fingerprint density at radius 1 is 1.13 bits per heavy atom. The van der Waals surface area contributed by atoms with Gasteiger partial charge in [0.1, 0.15) is 17.5 Å². The molecule has 1 amide bonds. The van der Waals surface area contributed by atoms with E-state index in [1.807, 2.05) is 0 Å². The molecule has 0 aromatic heterocycles. The lowest BCUT2D eigenvalue weighted by Gasteiger charge is -2.22. The molecular formula is C17H17F3N2O. The van der Waals surface area contributed by atoms with Crippen molar-refractivity contribution in [3.63, 3.8) is 0 Å². The highest BCUT2D eigenvalue weighted by Crippen LogP contribution is 2.18. The van der Waals surface area contributed by atoms with Gasteiger partial charge in [-0.05, 0) is 54.8 Å². The second-order valence-electron chi connectivity index (χ2n) is 5.42. The lowest BCUT2D eigenvalue weighted by molar-refractivity contribution is -0.119. The molecule has 0 unspecified atom stereocenters. The number of amides is 1. The quantitative estimate of drug-likeness (QED) is 0.941. The summed E-state index contributed by atoms with van der Waals surface area (Å²) in [5.74, 6) is -2.24. The molecule has 2 rings (SSSR count). The molecule has 2 N–H and O–H groups in total. The van der Waals surface area contributed by atoms with Crippen LogP contribution in [0.3, 0.4) is 0 Å². The van der Waals surface area contributed by atoms with Crippen molar-refractivity contribution in [2.45, 2.75) is 19.4 Å². The van der Waals surface area contributed by atoms with Crippen LogP contribution in [0.4, 0.5) is 18.9 Å². The van der Waals surface area contributed by atoms with Gasteiger partial charge in [-0.3, -0.25) is 4.79 Å². The molecule has 0 aliphatic carbocycles. The van der Waals surface area contributed by atoms with Crippen LogP contribution < -0.4 is 10.6 Å². The van der Waals surface area contributed by atoms with Gasteiger partial charge in [0.25, 0.3) is 0 Å². The van der Waals surface area contributed by atoms with Gasteiger partial charge in [-0.2, -0.15) is 0 Å². The smallest absolute Gasteiger partial charge is 0.243 e. The average Bonchev–Trinajstić information content (AvgIpc) is 2.47. The maximum Gasteiger partial charge on any atom is 0.243 e. The van der Waals surface area contributed by atoms with Crippen LogP contribution in [0.1, 0.15) is 11.1 Å². The van der Waals surface area contributed by atoms with Crippen molar-refractivity contribution in [2.24, 2.45) is 5.73 Å². The largest absolute Gasteiger partial charge is 0.320 e. The average molecular weight is 322 g/mol. The molecule has 0 saturated carbocycles. The van der Waals surface area contributed by atoms with Crippen LogP contribution in [-0.2, 0) is 11.2 Å². The van der Waals surface area contributed by atoms with E-state index in [4.69, 9.17) is 5.73 Å². The van der Waals surface area contributed by atoms with Gasteiger partial charge in [0, 0.05) is 18.8 Å². The third-order valence-electron chi connectivity index (χ3n) is 3.55. The summed E-state index contributed by atoms with van der Waals surface area (Å²) in [4.78, 5) is 13.6. The molecule has 122 valence electrons. The fourth-order valence-corrected chi connectivity index (χ4v) is 2.28. The molecule has 2 aromatic rings. The van der Waals surface area contributed by atoms with Gasteiger partial charge >= 0.3 is 0 Å². The van der Waals surface area contributed by atoms with Crippen molar-refractivity contribution < 1.29 is 18.0 Å². The molecule has 0 radical (unpaired) electrons. The molecule has 1 atom stereocenters. The Morgan fingerprint density at radius 3 is 2.30 bits per heavy atom. The molecule has 0 heterocycles. The first-order valence-corrected chi connectivity index (χ1v) is 7.02. The lowest BCUT2D eigenvalue weighted by atomic mass is 10.0. The zero-order valence-corrected chi connectivity index (χ0v) is 12.8. The molecule has 0 aliphatic rings. The zero-order valence-electron chi connectivity index (χ0n) is 12.8. The summed E-state index contributed by atoms with van der Waals surface area (Å²) in [7, 11) is 1.51. The second kappa shape index (κ2) is 6.83. The summed E-state index contributed by atoms with van der Waals surface area (Å²) in [5, 5.41) is 0. The summed E-state index contributed by atoms with van der Waals surface area (Å²) in [5.41, 5.74) is 7.04. The molecule has 0 saturated heterocycles. The van der Waals surface area contributed by atoms with Gasteiger partial charge < -0.3 is 10.6 Å². The van der Waals surface area contributed by atoms with Crippen LogP contribution in [0, 0.1) is 24.4 Å². The number of aryl methyl sites for hydroxylation is 1. The molecule has 2 aromatic carbocycles. The van der Waals surface area contributed by atoms with Crippen LogP contribution in [0.25, 0.3) is 0 Å². The number of hydrogen-bond donors (Lipinski definition) is 1. The third kappa shape index (κ3) is 4.10. The Bertz CT molecular complexity index is 714. The first-order chi connectivity index (χ1) is 10.8. The number of halogens is 3. The van der Waals surface area contributed by atoms with E-state index in [-0.39, 0.29) is 12.2 Å². The molecule has 0 fully saturated rings. The number of likely N-dealkylation sites (N-methyl/N-ethyl adjacent to an activating group) is 1. The maximum absolute atomic E-state index is 13.3. The summed E-state index contributed by atoms with van der Waals surface area (Å²) in [6.07, 6.45) is -0.00195. The Kier molecular flexibility index (Phi) is 5.05. The van der Waals surface area contributed by atoms with Crippen LogP contribution in [0.15, 0.2) is 36.4 Å². The normalized spacial score (nSPS) is 12.1. The van der Waals surface area contributed by atoms with E-state index in [9.17, 15) is 18.0 Å². The SMILES string of the molecule is Cc1cc(N(C)C(=O)[C@@H](N)Cc2cc(F)cc(F)c2)ccc1F. The van der Waals surface area contributed by atoms with Crippen molar-refractivity contribution in [1.82, 2.24) is 0 Å². The van der Waals surface area contributed by atoms with E-state index in [1.54, 1.807) is 6.92 Å². The first-order valence-electron chi connectivity index (χ1n) is 7.02. The summed E-state index contributed by atoms with van der Waals surface area (Å²) >= 11 is 0. The minimum Gasteiger partial charge on any atom is -0.320 e. The minimum absolute atomic E-state index is 0.00195.